The third kappa shape index (κ3) is 4.67. The first kappa shape index (κ1) is 18.5. The predicted octanol–water partition coefficient (Wildman–Crippen LogP) is 3.34. The van der Waals surface area contributed by atoms with Gasteiger partial charge < -0.3 is 5.32 Å². The Morgan fingerprint density at radius 1 is 1.04 bits per heavy atom. The van der Waals surface area contributed by atoms with Crippen LogP contribution in [0.15, 0.2) is 59.7 Å². The van der Waals surface area contributed by atoms with E-state index < -0.39 is 0 Å². The van der Waals surface area contributed by atoms with Crippen LogP contribution in [0.1, 0.15) is 24.0 Å². The van der Waals surface area contributed by atoms with E-state index in [9.17, 15) is 9.59 Å². The van der Waals surface area contributed by atoms with Crippen LogP contribution in [-0.2, 0) is 11.3 Å². The number of aryl methyl sites for hydroxylation is 3. The first-order valence-electron chi connectivity index (χ1n) is 8.89. The zero-order chi connectivity index (χ0) is 19.2. The van der Waals surface area contributed by atoms with Crippen LogP contribution in [-0.4, -0.2) is 20.7 Å². The molecule has 6 nitrogen and oxygen atoms in total. The molecule has 0 aliphatic heterocycles. The van der Waals surface area contributed by atoms with Gasteiger partial charge in [-0.3, -0.25) is 14.6 Å². The van der Waals surface area contributed by atoms with E-state index in [0.29, 0.717) is 25.1 Å². The molecule has 1 amide bonds. The van der Waals surface area contributed by atoms with Crippen LogP contribution < -0.4 is 10.9 Å². The fourth-order valence-corrected chi connectivity index (χ4v) is 2.89. The van der Waals surface area contributed by atoms with E-state index >= 15 is 0 Å². The van der Waals surface area contributed by atoms with Gasteiger partial charge in [-0.15, -0.1) is 0 Å². The molecule has 138 valence electrons. The fourth-order valence-electron chi connectivity index (χ4n) is 2.89. The highest BCUT2D eigenvalue weighted by Gasteiger charge is 2.08. The highest BCUT2D eigenvalue weighted by atomic mass is 16.1. The minimum Gasteiger partial charge on any atom is -0.326 e. The number of anilines is 1. The molecule has 0 unspecified atom stereocenters. The molecule has 0 radical (unpaired) electrons. The number of hydrogen-bond donors (Lipinski definition) is 1. The number of amides is 1. The molecule has 0 spiro atoms. The molecule has 0 bridgehead atoms. The topological polar surface area (TPSA) is 76.9 Å². The number of benzene rings is 1. The van der Waals surface area contributed by atoms with Gasteiger partial charge in [-0.1, -0.05) is 18.2 Å². The van der Waals surface area contributed by atoms with E-state index in [4.69, 9.17) is 0 Å². The third-order valence-corrected chi connectivity index (χ3v) is 4.36. The highest BCUT2D eigenvalue weighted by molar-refractivity contribution is 5.92. The Bertz CT molecular complexity index is 976. The lowest BCUT2D eigenvalue weighted by Crippen LogP contribution is -2.23. The molecule has 3 rings (SSSR count). The van der Waals surface area contributed by atoms with Gasteiger partial charge in [0.05, 0.1) is 5.69 Å². The number of hydrogen-bond acceptors (Lipinski definition) is 4. The molecule has 2 heterocycles. The second kappa shape index (κ2) is 8.40. The minimum atomic E-state index is -0.178. The SMILES string of the molecule is Cc1cccc(C)c1NC(=O)CCCn1nc(-c2ccncc2)ccc1=O. The van der Waals surface area contributed by atoms with E-state index in [1.807, 2.05) is 44.2 Å². The smallest absolute Gasteiger partial charge is 0.266 e. The van der Waals surface area contributed by atoms with Gasteiger partial charge in [0.15, 0.2) is 0 Å². The number of para-hydroxylation sites is 1. The van der Waals surface area contributed by atoms with Crippen LogP contribution in [0.5, 0.6) is 0 Å². The van der Waals surface area contributed by atoms with Crippen molar-refractivity contribution < 1.29 is 4.79 Å². The maximum atomic E-state index is 12.3. The van der Waals surface area contributed by atoms with E-state index in [2.05, 4.69) is 15.4 Å². The minimum absolute atomic E-state index is 0.0641. The van der Waals surface area contributed by atoms with Gasteiger partial charge in [0.2, 0.25) is 5.91 Å². The van der Waals surface area contributed by atoms with Crippen molar-refractivity contribution in [3.05, 3.63) is 76.3 Å². The lowest BCUT2D eigenvalue weighted by Gasteiger charge is -2.11. The standard InChI is InChI=1S/C21H22N4O2/c1-15-5-3-6-16(2)21(15)23-19(26)7-4-14-25-20(27)9-8-18(24-25)17-10-12-22-13-11-17/h3,5-6,8-13H,4,7,14H2,1-2H3,(H,23,26). The van der Waals surface area contributed by atoms with Crippen molar-refractivity contribution in [2.24, 2.45) is 0 Å². The van der Waals surface area contributed by atoms with E-state index in [-0.39, 0.29) is 11.5 Å². The van der Waals surface area contributed by atoms with Gasteiger partial charge in [-0.25, -0.2) is 4.68 Å². The Balaban J connectivity index is 1.62. The summed E-state index contributed by atoms with van der Waals surface area (Å²) in [7, 11) is 0. The van der Waals surface area contributed by atoms with Crippen molar-refractivity contribution in [1.82, 2.24) is 14.8 Å². The van der Waals surface area contributed by atoms with E-state index in [1.54, 1.807) is 18.5 Å². The Kier molecular flexibility index (Phi) is 5.76. The first-order chi connectivity index (χ1) is 13.0. The van der Waals surface area contributed by atoms with Crippen molar-refractivity contribution in [3.63, 3.8) is 0 Å². The molecule has 0 aliphatic carbocycles. The summed E-state index contributed by atoms with van der Waals surface area (Å²) in [5.41, 5.74) is 4.35. The summed E-state index contributed by atoms with van der Waals surface area (Å²) in [4.78, 5) is 28.3. The van der Waals surface area contributed by atoms with Gasteiger partial charge in [-0.2, -0.15) is 5.10 Å². The van der Waals surface area contributed by atoms with Gasteiger partial charge in [0, 0.05) is 42.7 Å². The summed E-state index contributed by atoms with van der Waals surface area (Å²) in [6, 6.07) is 12.8. The molecular weight excluding hydrogens is 340 g/mol. The quantitative estimate of drug-likeness (QED) is 0.730. The molecule has 0 saturated carbocycles. The maximum absolute atomic E-state index is 12.3. The number of rotatable bonds is 6. The summed E-state index contributed by atoms with van der Waals surface area (Å²) in [5, 5.41) is 7.36. The Morgan fingerprint density at radius 3 is 2.44 bits per heavy atom. The number of nitrogens with one attached hydrogen (secondary N) is 1. The fraction of sp³-hybridized carbons (Fsp3) is 0.238. The monoisotopic (exact) mass is 362 g/mol. The number of aromatic nitrogens is 3. The summed E-state index contributed by atoms with van der Waals surface area (Å²) in [5.74, 6) is -0.0641. The molecule has 1 N–H and O–H groups in total. The molecule has 27 heavy (non-hydrogen) atoms. The second-order valence-electron chi connectivity index (χ2n) is 6.43. The van der Waals surface area contributed by atoms with Crippen LogP contribution in [0, 0.1) is 13.8 Å². The molecule has 0 atom stereocenters. The number of pyridine rings is 1. The van der Waals surface area contributed by atoms with Crippen LogP contribution in [0.4, 0.5) is 5.69 Å². The Labute approximate surface area is 157 Å². The molecule has 0 saturated heterocycles. The van der Waals surface area contributed by atoms with Gasteiger partial charge in [-0.05, 0) is 49.6 Å². The summed E-state index contributed by atoms with van der Waals surface area (Å²) in [6.07, 6.45) is 4.22. The number of carbonyl (C=O) groups excluding carboxylic acids is 1. The van der Waals surface area contributed by atoms with Crippen LogP contribution in [0.25, 0.3) is 11.3 Å². The number of carbonyl (C=O) groups is 1. The summed E-state index contributed by atoms with van der Waals surface area (Å²) >= 11 is 0. The van der Waals surface area contributed by atoms with Crippen molar-refractivity contribution >= 4 is 11.6 Å². The van der Waals surface area contributed by atoms with Gasteiger partial charge >= 0.3 is 0 Å². The van der Waals surface area contributed by atoms with Crippen molar-refractivity contribution in [2.75, 3.05) is 5.32 Å². The zero-order valence-electron chi connectivity index (χ0n) is 15.5. The average Bonchev–Trinajstić information content (AvgIpc) is 2.67. The Morgan fingerprint density at radius 2 is 1.74 bits per heavy atom. The molecule has 3 aromatic rings. The molecule has 0 fully saturated rings. The highest BCUT2D eigenvalue weighted by Crippen LogP contribution is 2.19. The lowest BCUT2D eigenvalue weighted by molar-refractivity contribution is -0.116. The normalized spacial score (nSPS) is 10.6. The predicted molar refractivity (Wildman–Crippen MR) is 106 cm³/mol. The third-order valence-electron chi connectivity index (χ3n) is 4.36. The number of nitrogens with zero attached hydrogens (tertiary/aromatic N) is 3. The zero-order valence-corrected chi connectivity index (χ0v) is 15.5. The van der Waals surface area contributed by atoms with E-state index in [0.717, 1.165) is 22.4 Å². The summed E-state index contributed by atoms with van der Waals surface area (Å²) < 4.78 is 1.40. The second-order valence-corrected chi connectivity index (χ2v) is 6.43. The first-order valence-corrected chi connectivity index (χ1v) is 8.89. The van der Waals surface area contributed by atoms with Crippen molar-refractivity contribution in [2.45, 2.75) is 33.2 Å². The molecule has 0 aliphatic rings. The van der Waals surface area contributed by atoms with Crippen LogP contribution in [0.3, 0.4) is 0 Å². The van der Waals surface area contributed by atoms with Crippen LogP contribution in [0.2, 0.25) is 0 Å². The lowest BCUT2D eigenvalue weighted by atomic mass is 10.1. The molecular formula is C21H22N4O2. The largest absolute Gasteiger partial charge is 0.326 e. The maximum Gasteiger partial charge on any atom is 0.266 e. The van der Waals surface area contributed by atoms with Crippen molar-refractivity contribution in [1.29, 1.82) is 0 Å². The Hall–Kier alpha value is -3.28. The van der Waals surface area contributed by atoms with E-state index in [1.165, 1.54) is 10.7 Å². The molecule has 1 aromatic carbocycles. The molecule has 2 aromatic heterocycles. The van der Waals surface area contributed by atoms with Crippen LogP contribution >= 0.6 is 0 Å². The molecule has 6 heteroatoms. The summed E-state index contributed by atoms with van der Waals surface area (Å²) in [6.45, 7) is 4.32. The van der Waals surface area contributed by atoms with Gasteiger partial charge in [0.25, 0.3) is 5.56 Å². The average molecular weight is 362 g/mol. The van der Waals surface area contributed by atoms with Gasteiger partial charge in [0.1, 0.15) is 0 Å². The van der Waals surface area contributed by atoms with Crippen molar-refractivity contribution in [3.8, 4) is 11.3 Å².